The molecule has 0 bridgehead atoms. The van der Waals surface area contributed by atoms with Crippen LogP contribution in [-0.2, 0) is 17.8 Å². The molecule has 1 unspecified atom stereocenters. The average Bonchev–Trinajstić information content (AvgIpc) is 3.51. The van der Waals surface area contributed by atoms with Crippen molar-refractivity contribution in [1.82, 2.24) is 15.6 Å². The fourth-order valence-electron chi connectivity index (χ4n) is 4.82. The summed E-state index contributed by atoms with van der Waals surface area (Å²) in [6.45, 7) is 0.480. The SMILES string of the molecule is O=C(NC(Cc1c[nH]c2ccccc12)C(=O)Nc1ccc2c(c1)C(=O)NC2)c1ccc2ccccc2c1. The Morgan fingerprint density at radius 2 is 1.70 bits per heavy atom. The molecule has 0 saturated heterocycles. The third-order valence-electron chi connectivity index (χ3n) is 6.79. The predicted molar refractivity (Wildman–Crippen MR) is 143 cm³/mol. The summed E-state index contributed by atoms with van der Waals surface area (Å²) in [4.78, 5) is 42.1. The minimum absolute atomic E-state index is 0.161. The fourth-order valence-corrected chi connectivity index (χ4v) is 4.82. The molecule has 5 aromatic rings. The molecular formula is C30H24N4O3. The van der Waals surface area contributed by atoms with Gasteiger partial charge in [-0.3, -0.25) is 14.4 Å². The number of carbonyl (C=O) groups excluding carboxylic acids is 3. The number of rotatable bonds is 6. The number of anilines is 1. The van der Waals surface area contributed by atoms with Gasteiger partial charge in [-0.1, -0.05) is 54.6 Å². The third kappa shape index (κ3) is 4.43. The molecule has 0 spiro atoms. The van der Waals surface area contributed by atoms with Crippen LogP contribution < -0.4 is 16.0 Å². The van der Waals surface area contributed by atoms with E-state index in [1.165, 1.54) is 0 Å². The molecule has 0 radical (unpaired) electrons. The molecule has 0 saturated carbocycles. The number of carbonyl (C=O) groups is 3. The smallest absolute Gasteiger partial charge is 0.251 e. The Kier molecular flexibility index (Phi) is 5.65. The Balaban J connectivity index is 1.29. The highest BCUT2D eigenvalue weighted by Crippen LogP contribution is 2.23. The van der Waals surface area contributed by atoms with Gasteiger partial charge in [0, 0.05) is 46.9 Å². The quantitative estimate of drug-likeness (QED) is 0.282. The van der Waals surface area contributed by atoms with Crippen molar-refractivity contribution in [1.29, 1.82) is 0 Å². The molecule has 6 rings (SSSR count). The largest absolute Gasteiger partial charge is 0.361 e. The van der Waals surface area contributed by atoms with Gasteiger partial charge in [-0.05, 0) is 52.2 Å². The Labute approximate surface area is 212 Å². The highest BCUT2D eigenvalue weighted by atomic mass is 16.2. The lowest BCUT2D eigenvalue weighted by Gasteiger charge is -2.19. The van der Waals surface area contributed by atoms with Gasteiger partial charge in [0.2, 0.25) is 5.91 Å². The van der Waals surface area contributed by atoms with Gasteiger partial charge in [-0.15, -0.1) is 0 Å². The lowest BCUT2D eigenvalue weighted by atomic mass is 10.0. The van der Waals surface area contributed by atoms with Crippen molar-refractivity contribution in [3.8, 4) is 0 Å². The third-order valence-corrected chi connectivity index (χ3v) is 6.79. The number of hydrogen-bond acceptors (Lipinski definition) is 3. The average molecular weight is 489 g/mol. The maximum absolute atomic E-state index is 13.5. The van der Waals surface area contributed by atoms with E-state index in [1.807, 2.05) is 72.9 Å². The summed E-state index contributed by atoms with van der Waals surface area (Å²) < 4.78 is 0. The van der Waals surface area contributed by atoms with Crippen molar-refractivity contribution in [2.75, 3.05) is 5.32 Å². The number of H-pyrrole nitrogens is 1. The molecule has 1 aliphatic heterocycles. The molecule has 1 atom stereocenters. The molecule has 1 aliphatic rings. The van der Waals surface area contributed by atoms with Crippen molar-refractivity contribution >= 4 is 45.1 Å². The number of fused-ring (bicyclic) bond motifs is 3. The van der Waals surface area contributed by atoms with E-state index in [-0.39, 0.29) is 17.7 Å². The number of aromatic amines is 1. The van der Waals surface area contributed by atoms with E-state index in [1.54, 1.807) is 18.2 Å². The summed E-state index contributed by atoms with van der Waals surface area (Å²) in [5, 5.41) is 11.6. The molecule has 2 heterocycles. The van der Waals surface area contributed by atoms with E-state index in [9.17, 15) is 14.4 Å². The zero-order valence-electron chi connectivity index (χ0n) is 19.9. The Morgan fingerprint density at radius 1 is 0.892 bits per heavy atom. The van der Waals surface area contributed by atoms with Crippen LogP contribution in [0, 0.1) is 0 Å². The molecule has 1 aromatic heterocycles. The first-order valence-electron chi connectivity index (χ1n) is 12.1. The second-order valence-corrected chi connectivity index (χ2v) is 9.20. The summed E-state index contributed by atoms with van der Waals surface area (Å²) >= 11 is 0. The lowest BCUT2D eigenvalue weighted by Crippen LogP contribution is -2.45. The summed E-state index contributed by atoms with van der Waals surface area (Å²) in [5.74, 6) is -0.858. The summed E-state index contributed by atoms with van der Waals surface area (Å²) in [6.07, 6.45) is 2.16. The van der Waals surface area contributed by atoms with Gasteiger partial charge in [0.1, 0.15) is 6.04 Å². The standard InChI is InChI=1S/C30H24N4O3/c35-28(20-10-9-18-5-1-2-6-19(18)13-20)34-27(14-22-17-31-26-8-4-3-7-24(22)26)30(37)33-23-12-11-21-16-32-29(36)25(21)15-23/h1-13,15,17,27,31H,14,16H2,(H,32,36)(H,33,37)(H,34,35). The van der Waals surface area contributed by atoms with Crippen molar-refractivity contribution in [2.24, 2.45) is 0 Å². The van der Waals surface area contributed by atoms with E-state index in [4.69, 9.17) is 0 Å². The van der Waals surface area contributed by atoms with Crippen molar-refractivity contribution in [2.45, 2.75) is 19.0 Å². The van der Waals surface area contributed by atoms with Crippen molar-refractivity contribution in [3.63, 3.8) is 0 Å². The monoisotopic (exact) mass is 488 g/mol. The van der Waals surface area contributed by atoms with E-state index in [2.05, 4.69) is 20.9 Å². The number of aromatic nitrogens is 1. The molecule has 3 amide bonds. The van der Waals surface area contributed by atoms with Crippen molar-refractivity contribution in [3.05, 3.63) is 113 Å². The van der Waals surface area contributed by atoms with E-state index < -0.39 is 6.04 Å². The van der Waals surface area contributed by atoms with Gasteiger partial charge >= 0.3 is 0 Å². The highest BCUT2D eigenvalue weighted by molar-refractivity contribution is 6.04. The van der Waals surface area contributed by atoms with Crippen molar-refractivity contribution < 1.29 is 14.4 Å². The van der Waals surface area contributed by atoms with E-state index >= 15 is 0 Å². The minimum atomic E-state index is -0.847. The predicted octanol–water partition coefficient (Wildman–Crippen LogP) is 4.54. The Bertz CT molecular complexity index is 1690. The number of hydrogen-bond donors (Lipinski definition) is 4. The first-order valence-corrected chi connectivity index (χ1v) is 12.1. The van der Waals surface area contributed by atoms with Crippen LogP contribution in [0.2, 0.25) is 0 Å². The molecule has 37 heavy (non-hydrogen) atoms. The van der Waals surface area contributed by atoms with Gasteiger partial charge in [0.25, 0.3) is 11.8 Å². The maximum atomic E-state index is 13.5. The molecule has 182 valence electrons. The first-order chi connectivity index (χ1) is 18.0. The summed E-state index contributed by atoms with van der Waals surface area (Å²) in [6, 6.07) is 25.6. The highest BCUT2D eigenvalue weighted by Gasteiger charge is 2.25. The maximum Gasteiger partial charge on any atom is 0.251 e. The van der Waals surface area contributed by atoms with E-state index in [0.717, 1.165) is 32.8 Å². The van der Waals surface area contributed by atoms with Crippen LogP contribution in [-0.4, -0.2) is 28.7 Å². The van der Waals surface area contributed by atoms with Gasteiger partial charge in [-0.2, -0.15) is 0 Å². The zero-order chi connectivity index (χ0) is 25.4. The second-order valence-electron chi connectivity index (χ2n) is 9.20. The lowest BCUT2D eigenvalue weighted by molar-refractivity contribution is -0.118. The molecule has 7 nitrogen and oxygen atoms in total. The second kappa shape index (κ2) is 9.28. The van der Waals surface area contributed by atoms with Crippen LogP contribution in [0.1, 0.15) is 31.8 Å². The van der Waals surface area contributed by atoms with Crippen LogP contribution in [0.4, 0.5) is 5.69 Å². The Morgan fingerprint density at radius 3 is 2.59 bits per heavy atom. The molecule has 0 fully saturated rings. The number of amides is 3. The minimum Gasteiger partial charge on any atom is -0.361 e. The van der Waals surface area contributed by atoms with Gasteiger partial charge < -0.3 is 20.9 Å². The van der Waals surface area contributed by atoms with Crippen LogP contribution in [0.15, 0.2) is 91.1 Å². The first kappa shape index (κ1) is 22.5. The van der Waals surface area contributed by atoms with Crippen LogP contribution in [0.3, 0.4) is 0 Å². The normalized spacial score (nSPS) is 13.2. The zero-order valence-corrected chi connectivity index (χ0v) is 19.9. The van der Waals surface area contributed by atoms with Crippen LogP contribution in [0.5, 0.6) is 0 Å². The topological polar surface area (TPSA) is 103 Å². The van der Waals surface area contributed by atoms with Gasteiger partial charge in [-0.25, -0.2) is 0 Å². The summed E-state index contributed by atoms with van der Waals surface area (Å²) in [5.41, 5.74) is 4.30. The van der Waals surface area contributed by atoms with Crippen LogP contribution >= 0.6 is 0 Å². The van der Waals surface area contributed by atoms with Crippen LogP contribution in [0.25, 0.3) is 21.7 Å². The number of nitrogens with one attached hydrogen (secondary N) is 4. The number of para-hydroxylation sites is 1. The molecule has 4 N–H and O–H groups in total. The Hall–Kier alpha value is -4.91. The molecule has 0 aliphatic carbocycles. The molecule has 4 aromatic carbocycles. The molecule has 7 heteroatoms. The number of benzene rings is 4. The fraction of sp³-hybridized carbons (Fsp3) is 0.100. The van der Waals surface area contributed by atoms with Gasteiger partial charge in [0.05, 0.1) is 0 Å². The van der Waals surface area contributed by atoms with E-state index in [0.29, 0.717) is 29.8 Å². The van der Waals surface area contributed by atoms with Gasteiger partial charge in [0.15, 0.2) is 0 Å². The summed E-state index contributed by atoms with van der Waals surface area (Å²) in [7, 11) is 0. The molecular weight excluding hydrogens is 464 g/mol.